The van der Waals surface area contributed by atoms with Crippen molar-refractivity contribution in [3.63, 3.8) is 0 Å². The molecule has 0 saturated heterocycles. The molecular weight excluding hydrogens is 204 g/mol. The first kappa shape index (κ1) is 14.9. The highest BCUT2D eigenvalue weighted by atomic mass is 16.2. The van der Waals surface area contributed by atoms with Crippen LogP contribution in [0.25, 0.3) is 0 Å². The topological polar surface area (TPSA) is 82.2 Å². The third-order valence-electron chi connectivity index (χ3n) is 2.38. The van der Waals surface area contributed by atoms with Crippen molar-refractivity contribution in [2.75, 3.05) is 13.1 Å². The van der Waals surface area contributed by atoms with E-state index in [4.69, 9.17) is 11.1 Å². The van der Waals surface area contributed by atoms with Crippen molar-refractivity contribution in [1.29, 1.82) is 5.26 Å². The number of nitrogens with two attached hydrogens (primary N) is 1. The van der Waals surface area contributed by atoms with Crippen LogP contribution in [-0.4, -0.2) is 29.9 Å². The van der Waals surface area contributed by atoms with Gasteiger partial charge in [0.15, 0.2) is 0 Å². The normalized spacial score (nSPS) is 12.6. The zero-order chi connectivity index (χ0) is 12.6. The second-order valence-electron chi connectivity index (χ2n) is 4.42. The molecule has 1 atom stereocenters. The lowest BCUT2D eigenvalue weighted by Gasteiger charge is -2.29. The highest BCUT2D eigenvalue weighted by Crippen LogP contribution is 2.08. The Bertz CT molecular complexity index is 247. The molecule has 0 saturated carbocycles. The first-order valence-electron chi connectivity index (χ1n) is 5.61. The molecule has 1 unspecified atom stereocenters. The molecule has 92 valence electrons. The largest absolute Gasteiger partial charge is 0.299 e. The van der Waals surface area contributed by atoms with Gasteiger partial charge < -0.3 is 0 Å². The van der Waals surface area contributed by atoms with Crippen molar-refractivity contribution < 1.29 is 4.79 Å². The highest BCUT2D eigenvalue weighted by Gasteiger charge is 2.17. The summed E-state index contributed by atoms with van der Waals surface area (Å²) in [6.07, 6.45) is 0.857. The van der Waals surface area contributed by atoms with Gasteiger partial charge in [0, 0.05) is 32.0 Å². The first-order chi connectivity index (χ1) is 7.51. The van der Waals surface area contributed by atoms with E-state index in [0.29, 0.717) is 25.3 Å². The van der Waals surface area contributed by atoms with E-state index in [1.807, 2.05) is 6.92 Å². The van der Waals surface area contributed by atoms with Gasteiger partial charge in [-0.2, -0.15) is 5.26 Å². The van der Waals surface area contributed by atoms with Gasteiger partial charge in [-0.25, -0.2) is 5.84 Å². The van der Waals surface area contributed by atoms with Gasteiger partial charge in [0.2, 0.25) is 5.91 Å². The molecule has 0 aromatic heterocycles. The molecule has 5 nitrogen and oxygen atoms in total. The van der Waals surface area contributed by atoms with Crippen LogP contribution in [0.3, 0.4) is 0 Å². The van der Waals surface area contributed by atoms with E-state index in [0.717, 1.165) is 6.54 Å². The van der Waals surface area contributed by atoms with E-state index in [2.05, 4.69) is 30.2 Å². The summed E-state index contributed by atoms with van der Waals surface area (Å²) in [6, 6.07) is 2.24. The average Bonchev–Trinajstić information content (AvgIpc) is 2.23. The fraction of sp³-hybridized carbons (Fsp3) is 0.818. The van der Waals surface area contributed by atoms with Gasteiger partial charge in [-0.05, 0) is 12.8 Å². The number of hydrogen-bond acceptors (Lipinski definition) is 4. The molecular formula is C11H22N4O. The standard InChI is InChI=1S/C11H22N4O/c1-9(2)8-15(6-4-5-12)10(3)7-11(16)14-13/h9-10H,4,6-8,13H2,1-3H3,(H,14,16). The van der Waals surface area contributed by atoms with Gasteiger partial charge in [-0.1, -0.05) is 13.8 Å². The summed E-state index contributed by atoms with van der Waals surface area (Å²) in [5.41, 5.74) is 2.13. The summed E-state index contributed by atoms with van der Waals surface area (Å²) in [7, 11) is 0. The molecule has 5 heteroatoms. The Kier molecular flexibility index (Phi) is 7.52. The minimum atomic E-state index is -0.168. The van der Waals surface area contributed by atoms with Crippen LogP contribution in [-0.2, 0) is 4.79 Å². The van der Waals surface area contributed by atoms with Crippen LogP contribution < -0.4 is 11.3 Å². The molecule has 0 fully saturated rings. The molecule has 0 rings (SSSR count). The van der Waals surface area contributed by atoms with Gasteiger partial charge in [-0.3, -0.25) is 15.1 Å². The second-order valence-corrected chi connectivity index (χ2v) is 4.42. The summed E-state index contributed by atoms with van der Waals surface area (Å²) in [5.74, 6) is 5.40. The smallest absolute Gasteiger partial charge is 0.235 e. The minimum Gasteiger partial charge on any atom is -0.299 e. The number of nitrogens with zero attached hydrogens (tertiary/aromatic N) is 2. The summed E-state index contributed by atoms with van der Waals surface area (Å²) < 4.78 is 0. The van der Waals surface area contributed by atoms with Crippen LogP contribution in [0.15, 0.2) is 0 Å². The molecule has 0 aromatic carbocycles. The lowest BCUT2D eigenvalue weighted by Crippen LogP contribution is -2.41. The third kappa shape index (κ3) is 6.38. The van der Waals surface area contributed by atoms with E-state index in [-0.39, 0.29) is 11.9 Å². The average molecular weight is 226 g/mol. The summed E-state index contributed by atoms with van der Waals surface area (Å²) in [6.45, 7) is 7.81. The van der Waals surface area contributed by atoms with Crippen molar-refractivity contribution in [2.45, 2.75) is 39.7 Å². The number of carbonyl (C=O) groups is 1. The van der Waals surface area contributed by atoms with Crippen molar-refractivity contribution in [3.05, 3.63) is 0 Å². The molecule has 3 N–H and O–H groups in total. The SMILES string of the molecule is CC(C)CN(CCC#N)C(C)CC(=O)NN. The number of carbonyl (C=O) groups excluding carboxylic acids is 1. The predicted molar refractivity (Wildman–Crippen MR) is 63.1 cm³/mol. The zero-order valence-corrected chi connectivity index (χ0v) is 10.4. The maximum Gasteiger partial charge on any atom is 0.235 e. The third-order valence-corrected chi connectivity index (χ3v) is 2.38. The fourth-order valence-electron chi connectivity index (χ4n) is 1.61. The Morgan fingerprint density at radius 3 is 2.56 bits per heavy atom. The van der Waals surface area contributed by atoms with Crippen molar-refractivity contribution in [2.24, 2.45) is 11.8 Å². The molecule has 0 radical (unpaired) electrons. The van der Waals surface area contributed by atoms with Crippen LogP contribution in [0.4, 0.5) is 0 Å². The molecule has 0 aliphatic carbocycles. The fourth-order valence-corrected chi connectivity index (χ4v) is 1.61. The number of rotatable bonds is 7. The molecule has 16 heavy (non-hydrogen) atoms. The van der Waals surface area contributed by atoms with Gasteiger partial charge in [0.05, 0.1) is 6.07 Å². The van der Waals surface area contributed by atoms with Crippen LogP contribution in [0.1, 0.15) is 33.6 Å². The summed E-state index contributed by atoms with van der Waals surface area (Å²) >= 11 is 0. The van der Waals surface area contributed by atoms with E-state index in [9.17, 15) is 4.79 Å². The molecule has 0 aromatic rings. The van der Waals surface area contributed by atoms with E-state index >= 15 is 0 Å². The lowest BCUT2D eigenvalue weighted by atomic mass is 10.1. The monoisotopic (exact) mass is 226 g/mol. The number of nitriles is 1. The Morgan fingerprint density at radius 1 is 1.50 bits per heavy atom. The molecule has 0 bridgehead atoms. The van der Waals surface area contributed by atoms with Crippen LogP contribution in [0, 0.1) is 17.2 Å². The van der Waals surface area contributed by atoms with Gasteiger partial charge >= 0.3 is 0 Å². The number of hydrazine groups is 1. The molecule has 0 aliphatic heterocycles. The minimum absolute atomic E-state index is 0.110. The van der Waals surface area contributed by atoms with Gasteiger partial charge in [-0.15, -0.1) is 0 Å². The van der Waals surface area contributed by atoms with E-state index in [1.54, 1.807) is 0 Å². The number of amides is 1. The second kappa shape index (κ2) is 8.08. The Hall–Kier alpha value is -1.12. The maximum absolute atomic E-state index is 11.2. The predicted octanol–water partition coefficient (Wildman–Crippen LogP) is 0.627. The first-order valence-corrected chi connectivity index (χ1v) is 5.61. The molecule has 0 aliphatic rings. The molecule has 0 spiro atoms. The Labute approximate surface area is 97.6 Å². The molecule has 0 heterocycles. The van der Waals surface area contributed by atoms with E-state index < -0.39 is 0 Å². The molecule has 1 amide bonds. The lowest BCUT2D eigenvalue weighted by molar-refractivity contribution is -0.122. The van der Waals surface area contributed by atoms with Crippen molar-refractivity contribution in [3.8, 4) is 6.07 Å². The number of hydrogen-bond donors (Lipinski definition) is 2. The quantitative estimate of drug-likeness (QED) is 0.379. The Morgan fingerprint density at radius 2 is 2.12 bits per heavy atom. The zero-order valence-electron chi connectivity index (χ0n) is 10.4. The Balaban J connectivity index is 4.25. The van der Waals surface area contributed by atoms with Crippen molar-refractivity contribution >= 4 is 5.91 Å². The van der Waals surface area contributed by atoms with Crippen molar-refractivity contribution in [1.82, 2.24) is 10.3 Å². The summed E-state index contributed by atoms with van der Waals surface area (Å²) in [4.78, 5) is 13.3. The van der Waals surface area contributed by atoms with Gasteiger partial charge in [0.25, 0.3) is 0 Å². The van der Waals surface area contributed by atoms with Crippen LogP contribution >= 0.6 is 0 Å². The van der Waals surface area contributed by atoms with Gasteiger partial charge in [0.1, 0.15) is 0 Å². The number of nitrogens with one attached hydrogen (secondary N) is 1. The highest BCUT2D eigenvalue weighted by molar-refractivity contribution is 5.75. The maximum atomic E-state index is 11.2. The summed E-state index contributed by atoms with van der Waals surface area (Å²) in [5, 5.41) is 8.58. The van der Waals surface area contributed by atoms with Crippen LogP contribution in [0.5, 0.6) is 0 Å². The van der Waals surface area contributed by atoms with E-state index in [1.165, 1.54) is 0 Å². The van der Waals surface area contributed by atoms with Crippen LogP contribution in [0.2, 0.25) is 0 Å².